The summed E-state index contributed by atoms with van der Waals surface area (Å²) in [6, 6.07) is 22.5. The molecule has 1 aromatic heterocycles. The van der Waals surface area contributed by atoms with Crippen molar-refractivity contribution in [1.82, 2.24) is 0 Å². The Morgan fingerprint density at radius 3 is 2.22 bits per heavy atom. The number of carbonyl (C=O) groups excluding carboxylic acids is 1. The quantitative estimate of drug-likeness (QED) is 0.139. The van der Waals surface area contributed by atoms with E-state index in [2.05, 4.69) is 28.1 Å². The van der Waals surface area contributed by atoms with Crippen LogP contribution in [0.3, 0.4) is 0 Å². The molecular weight excluding hydrogens is 464 g/mol. The molecular formula is C28H27BrO3. The van der Waals surface area contributed by atoms with Crippen molar-refractivity contribution in [2.75, 3.05) is 5.33 Å². The predicted octanol–water partition coefficient (Wildman–Crippen LogP) is 7.92. The number of phenolic OH excluding ortho intramolecular Hbond substituents is 1. The van der Waals surface area contributed by atoms with Crippen LogP contribution in [0.2, 0.25) is 0 Å². The summed E-state index contributed by atoms with van der Waals surface area (Å²) >= 11 is 3.49. The summed E-state index contributed by atoms with van der Waals surface area (Å²) in [6.45, 7) is 0. The number of alkyl halides is 1. The van der Waals surface area contributed by atoms with Gasteiger partial charge in [0.05, 0.1) is 5.56 Å². The molecule has 32 heavy (non-hydrogen) atoms. The van der Waals surface area contributed by atoms with E-state index < -0.39 is 0 Å². The van der Waals surface area contributed by atoms with E-state index in [9.17, 15) is 9.90 Å². The lowest BCUT2D eigenvalue weighted by Gasteiger charge is -2.06. The lowest BCUT2D eigenvalue weighted by Crippen LogP contribution is -2.01. The smallest absolute Gasteiger partial charge is 0.196 e. The van der Waals surface area contributed by atoms with Crippen LogP contribution in [0.5, 0.6) is 5.75 Å². The Kier molecular flexibility index (Phi) is 7.43. The summed E-state index contributed by atoms with van der Waals surface area (Å²) in [5.41, 5.74) is 3.51. The highest BCUT2D eigenvalue weighted by atomic mass is 79.9. The van der Waals surface area contributed by atoms with E-state index in [-0.39, 0.29) is 17.1 Å². The van der Waals surface area contributed by atoms with Gasteiger partial charge in [0.1, 0.15) is 17.1 Å². The van der Waals surface area contributed by atoms with E-state index >= 15 is 0 Å². The topological polar surface area (TPSA) is 50.4 Å². The monoisotopic (exact) mass is 490 g/mol. The number of benzene rings is 3. The molecule has 3 nitrogen and oxygen atoms in total. The number of furan rings is 1. The van der Waals surface area contributed by atoms with Gasteiger partial charge >= 0.3 is 0 Å². The van der Waals surface area contributed by atoms with E-state index in [0.717, 1.165) is 46.9 Å². The molecule has 0 spiro atoms. The first-order chi connectivity index (χ1) is 15.7. The summed E-state index contributed by atoms with van der Waals surface area (Å²) in [4.78, 5) is 13.0. The molecule has 4 rings (SSSR count). The highest BCUT2D eigenvalue weighted by molar-refractivity contribution is 9.09. The molecule has 0 saturated heterocycles. The van der Waals surface area contributed by atoms with E-state index in [1.165, 1.54) is 19.3 Å². The van der Waals surface area contributed by atoms with Gasteiger partial charge in [-0.25, -0.2) is 0 Å². The maximum Gasteiger partial charge on any atom is 0.196 e. The van der Waals surface area contributed by atoms with Crippen LogP contribution in [0.25, 0.3) is 22.1 Å². The first kappa shape index (κ1) is 22.3. The van der Waals surface area contributed by atoms with Gasteiger partial charge in [0.2, 0.25) is 0 Å². The third kappa shape index (κ3) is 4.97. The molecule has 0 aliphatic carbocycles. The molecule has 0 fully saturated rings. The van der Waals surface area contributed by atoms with Crippen LogP contribution in [0.4, 0.5) is 0 Å². The molecule has 0 bridgehead atoms. The number of aryl methyl sites for hydroxylation is 1. The zero-order valence-electron chi connectivity index (χ0n) is 18.0. The predicted molar refractivity (Wildman–Crippen MR) is 134 cm³/mol. The second-order valence-electron chi connectivity index (χ2n) is 8.03. The van der Waals surface area contributed by atoms with E-state index in [4.69, 9.17) is 4.42 Å². The summed E-state index contributed by atoms with van der Waals surface area (Å²) in [6.07, 6.45) is 6.68. The minimum Gasteiger partial charge on any atom is -0.507 e. The number of hydrogen-bond donors (Lipinski definition) is 1. The largest absolute Gasteiger partial charge is 0.507 e. The zero-order chi connectivity index (χ0) is 22.3. The van der Waals surface area contributed by atoms with Crippen molar-refractivity contribution in [3.8, 4) is 16.9 Å². The molecule has 0 radical (unpaired) electrons. The third-order valence-electron chi connectivity index (χ3n) is 5.76. The lowest BCUT2D eigenvalue weighted by atomic mass is 9.96. The zero-order valence-corrected chi connectivity index (χ0v) is 19.6. The van der Waals surface area contributed by atoms with Crippen LogP contribution in [-0.4, -0.2) is 16.2 Å². The van der Waals surface area contributed by atoms with Crippen molar-refractivity contribution < 1.29 is 14.3 Å². The Morgan fingerprint density at radius 2 is 1.50 bits per heavy atom. The van der Waals surface area contributed by atoms with Gasteiger partial charge in [-0.1, -0.05) is 95.9 Å². The molecule has 0 amide bonds. The van der Waals surface area contributed by atoms with Crippen LogP contribution in [0.15, 0.2) is 77.2 Å². The van der Waals surface area contributed by atoms with Gasteiger partial charge in [-0.05, 0) is 30.5 Å². The second-order valence-corrected chi connectivity index (χ2v) is 8.83. The number of unbranched alkanes of at least 4 members (excludes halogenated alkanes) is 4. The van der Waals surface area contributed by atoms with Gasteiger partial charge in [-0.2, -0.15) is 0 Å². The fourth-order valence-corrected chi connectivity index (χ4v) is 4.51. The first-order valence-electron chi connectivity index (χ1n) is 11.2. The number of carbonyl (C=O) groups is 1. The van der Waals surface area contributed by atoms with Crippen molar-refractivity contribution in [3.05, 3.63) is 89.7 Å². The number of phenols is 1. The Bertz CT molecular complexity index is 1180. The Morgan fingerprint density at radius 1 is 0.844 bits per heavy atom. The van der Waals surface area contributed by atoms with E-state index in [0.29, 0.717) is 11.1 Å². The highest BCUT2D eigenvalue weighted by Crippen LogP contribution is 2.39. The summed E-state index contributed by atoms with van der Waals surface area (Å²) in [5.74, 6) is 0.678. The van der Waals surface area contributed by atoms with E-state index in [1.807, 2.05) is 36.4 Å². The van der Waals surface area contributed by atoms with Gasteiger partial charge in [-0.15, -0.1) is 0 Å². The second kappa shape index (κ2) is 10.6. The summed E-state index contributed by atoms with van der Waals surface area (Å²) in [7, 11) is 0. The number of halogens is 1. The minimum absolute atomic E-state index is 0.0225. The number of fused-ring (bicyclic) bond motifs is 1. The van der Waals surface area contributed by atoms with Crippen molar-refractivity contribution in [2.24, 2.45) is 0 Å². The van der Waals surface area contributed by atoms with Crippen molar-refractivity contribution in [1.29, 1.82) is 0 Å². The van der Waals surface area contributed by atoms with E-state index in [1.54, 1.807) is 24.3 Å². The minimum atomic E-state index is -0.212. The molecule has 1 N–H and O–H groups in total. The molecule has 0 saturated carbocycles. The van der Waals surface area contributed by atoms with Gasteiger partial charge in [0, 0.05) is 28.3 Å². The number of rotatable bonds is 10. The fraction of sp³-hybridized carbons (Fsp3) is 0.250. The summed E-state index contributed by atoms with van der Waals surface area (Å²) in [5, 5.41) is 12.6. The van der Waals surface area contributed by atoms with Crippen LogP contribution < -0.4 is 0 Å². The van der Waals surface area contributed by atoms with Gasteiger partial charge in [0.25, 0.3) is 0 Å². The number of hydrogen-bond acceptors (Lipinski definition) is 3. The van der Waals surface area contributed by atoms with Crippen molar-refractivity contribution >= 4 is 32.7 Å². The Hall–Kier alpha value is -2.85. The maximum absolute atomic E-state index is 13.0. The molecule has 1 heterocycles. The van der Waals surface area contributed by atoms with Crippen LogP contribution >= 0.6 is 15.9 Å². The molecule has 0 atom stereocenters. The molecule has 4 aromatic rings. The van der Waals surface area contributed by atoms with Gasteiger partial charge < -0.3 is 9.52 Å². The lowest BCUT2D eigenvalue weighted by molar-refractivity contribution is 0.103. The van der Waals surface area contributed by atoms with Crippen molar-refractivity contribution in [3.63, 3.8) is 0 Å². The van der Waals surface area contributed by atoms with Crippen LogP contribution in [-0.2, 0) is 6.42 Å². The van der Waals surface area contributed by atoms with Crippen LogP contribution in [0, 0.1) is 0 Å². The maximum atomic E-state index is 13.0. The molecule has 4 heteroatoms. The standard InChI is InChI=1S/C28H27BrO3/c29-17-11-3-1-2-10-16-25-27(20-12-6-4-7-13-20)23-18-24(30)22(19-26(23)32-25)28(31)21-14-8-5-9-15-21/h4-9,12-15,18-19,30H,1-3,10-11,16-17H2. The molecule has 164 valence electrons. The fourth-order valence-electron chi connectivity index (χ4n) is 4.12. The normalized spacial score (nSPS) is 11.2. The van der Waals surface area contributed by atoms with Crippen molar-refractivity contribution in [2.45, 2.75) is 38.5 Å². The Balaban J connectivity index is 1.69. The number of aromatic hydroxyl groups is 1. The highest BCUT2D eigenvalue weighted by Gasteiger charge is 2.21. The Labute approximate surface area is 197 Å². The first-order valence-corrected chi connectivity index (χ1v) is 12.3. The van der Waals surface area contributed by atoms with Gasteiger partial charge in [-0.3, -0.25) is 4.79 Å². The van der Waals surface area contributed by atoms with Gasteiger partial charge in [0.15, 0.2) is 5.78 Å². The SMILES string of the molecule is O=C(c1ccccc1)c1cc2oc(CCCCCCCBr)c(-c3ccccc3)c2cc1O. The summed E-state index contributed by atoms with van der Waals surface area (Å²) < 4.78 is 6.29. The number of ketones is 1. The molecule has 0 unspecified atom stereocenters. The molecule has 0 aliphatic heterocycles. The molecule has 3 aromatic carbocycles. The average Bonchev–Trinajstić information content (AvgIpc) is 3.18. The average molecular weight is 491 g/mol. The third-order valence-corrected chi connectivity index (χ3v) is 6.32. The van der Waals surface area contributed by atoms with Crippen LogP contribution in [0.1, 0.15) is 53.8 Å². The molecule has 0 aliphatic rings.